The molecular weight excluding hydrogens is 271 g/mol. The van der Waals surface area contributed by atoms with Crippen molar-refractivity contribution in [3.63, 3.8) is 0 Å². The molecule has 4 heteroatoms. The molecule has 0 spiro atoms. The highest BCUT2D eigenvalue weighted by Gasteiger charge is 2.65. The molecule has 3 nitrogen and oxygen atoms in total. The lowest BCUT2D eigenvalue weighted by molar-refractivity contribution is -0.353. The Bertz CT molecular complexity index is 402. The molecule has 4 aliphatic carbocycles. The fraction of sp³-hybridized carbons (Fsp3) is 0.882. The van der Waals surface area contributed by atoms with Crippen molar-refractivity contribution in [3.05, 3.63) is 12.8 Å². The van der Waals surface area contributed by atoms with Crippen molar-refractivity contribution in [1.29, 1.82) is 0 Å². The Hall–Kier alpha value is -0.610. The van der Waals surface area contributed by atoms with Gasteiger partial charge in [-0.2, -0.15) is 0 Å². The van der Waals surface area contributed by atoms with Crippen molar-refractivity contribution >= 4 is 0 Å². The van der Waals surface area contributed by atoms with Crippen LogP contribution in [0.2, 0.25) is 0 Å². The van der Waals surface area contributed by atoms with Crippen molar-refractivity contribution in [1.82, 2.24) is 0 Å². The van der Waals surface area contributed by atoms with Gasteiger partial charge in [0.15, 0.2) is 6.29 Å². The van der Waals surface area contributed by atoms with Crippen LogP contribution < -0.4 is 0 Å². The van der Waals surface area contributed by atoms with Crippen LogP contribution in [0.4, 0.5) is 4.39 Å². The van der Waals surface area contributed by atoms with Gasteiger partial charge >= 0.3 is 0 Å². The number of ether oxygens (including phenoxy) is 3. The summed E-state index contributed by atoms with van der Waals surface area (Å²) in [5, 5.41) is 0. The van der Waals surface area contributed by atoms with Gasteiger partial charge < -0.3 is 14.2 Å². The molecule has 0 amide bonds. The van der Waals surface area contributed by atoms with Crippen molar-refractivity contribution in [2.75, 3.05) is 6.61 Å². The van der Waals surface area contributed by atoms with Crippen molar-refractivity contribution in [2.45, 2.75) is 69.1 Å². The predicted octanol–water partition coefficient (Wildman–Crippen LogP) is 3.93. The van der Waals surface area contributed by atoms with E-state index in [1.54, 1.807) is 0 Å². The molecule has 3 atom stereocenters. The minimum atomic E-state index is -1.51. The topological polar surface area (TPSA) is 27.7 Å². The van der Waals surface area contributed by atoms with Crippen LogP contribution >= 0.6 is 0 Å². The van der Waals surface area contributed by atoms with E-state index in [-0.39, 0.29) is 23.7 Å². The summed E-state index contributed by atoms with van der Waals surface area (Å²) in [4.78, 5) is 0. The average molecular weight is 296 g/mol. The lowest BCUT2D eigenvalue weighted by atomic mass is 9.52. The maximum Gasteiger partial charge on any atom is 0.217 e. The van der Waals surface area contributed by atoms with E-state index in [1.165, 1.54) is 6.26 Å². The molecule has 4 saturated carbocycles. The van der Waals surface area contributed by atoms with Gasteiger partial charge in [0.2, 0.25) is 5.85 Å². The second kappa shape index (κ2) is 4.95. The van der Waals surface area contributed by atoms with Crippen LogP contribution in [0.5, 0.6) is 0 Å². The Balaban J connectivity index is 1.53. The number of hydrogen-bond donors (Lipinski definition) is 0. The fourth-order valence-electron chi connectivity index (χ4n) is 5.36. The molecule has 3 unspecified atom stereocenters. The summed E-state index contributed by atoms with van der Waals surface area (Å²) in [6.07, 6.45) is 8.59. The monoisotopic (exact) mass is 296 g/mol. The Morgan fingerprint density at radius 3 is 2.52 bits per heavy atom. The molecule has 4 bridgehead atoms. The highest BCUT2D eigenvalue weighted by atomic mass is 19.2. The van der Waals surface area contributed by atoms with Crippen molar-refractivity contribution in [2.24, 2.45) is 17.8 Å². The minimum Gasteiger partial charge on any atom is -0.495 e. The minimum absolute atomic E-state index is 0.0470. The first kappa shape index (κ1) is 14.0. The van der Waals surface area contributed by atoms with Gasteiger partial charge in [0.1, 0.15) is 5.60 Å². The molecule has 5 fully saturated rings. The van der Waals surface area contributed by atoms with Gasteiger partial charge in [-0.05, 0) is 57.3 Å². The lowest BCUT2D eigenvalue weighted by Crippen LogP contribution is -2.63. The third-order valence-electron chi connectivity index (χ3n) is 6.03. The average Bonchev–Trinajstić information content (AvgIpc) is 2.45. The SMILES string of the molecule is C=COC12CC3CC(C1)C(F)(OC1CCCCO1)C(C3)C2. The van der Waals surface area contributed by atoms with Crippen LogP contribution in [-0.2, 0) is 14.2 Å². The molecule has 0 radical (unpaired) electrons. The zero-order chi connectivity index (χ0) is 14.5. The second-order valence-corrected chi connectivity index (χ2v) is 7.42. The summed E-state index contributed by atoms with van der Waals surface area (Å²) in [5.41, 5.74) is -0.176. The van der Waals surface area contributed by atoms with Crippen LogP contribution in [0, 0.1) is 17.8 Å². The molecule has 1 heterocycles. The molecule has 118 valence electrons. The van der Waals surface area contributed by atoms with E-state index in [4.69, 9.17) is 14.2 Å². The van der Waals surface area contributed by atoms with Gasteiger partial charge in [0, 0.05) is 18.4 Å². The molecule has 21 heavy (non-hydrogen) atoms. The zero-order valence-electron chi connectivity index (χ0n) is 12.6. The summed E-state index contributed by atoms with van der Waals surface area (Å²) in [6.45, 7) is 4.40. The van der Waals surface area contributed by atoms with Crippen LogP contribution in [0.1, 0.15) is 51.4 Å². The van der Waals surface area contributed by atoms with E-state index in [0.717, 1.165) is 51.4 Å². The first-order valence-corrected chi connectivity index (χ1v) is 8.41. The summed E-state index contributed by atoms with van der Waals surface area (Å²) in [7, 11) is 0. The highest BCUT2D eigenvalue weighted by molar-refractivity contribution is 5.10. The fourth-order valence-corrected chi connectivity index (χ4v) is 5.36. The number of rotatable bonds is 4. The number of alkyl halides is 1. The van der Waals surface area contributed by atoms with Gasteiger partial charge in [0.05, 0.1) is 6.26 Å². The van der Waals surface area contributed by atoms with Gasteiger partial charge in [-0.3, -0.25) is 0 Å². The molecule has 0 aromatic rings. The van der Waals surface area contributed by atoms with E-state index in [2.05, 4.69) is 6.58 Å². The summed E-state index contributed by atoms with van der Waals surface area (Å²) in [6, 6.07) is 0. The van der Waals surface area contributed by atoms with E-state index < -0.39 is 5.85 Å². The smallest absolute Gasteiger partial charge is 0.217 e. The van der Waals surface area contributed by atoms with Gasteiger partial charge in [-0.1, -0.05) is 6.58 Å². The quantitative estimate of drug-likeness (QED) is 0.736. The Kier molecular flexibility index (Phi) is 3.30. The highest BCUT2D eigenvalue weighted by Crippen LogP contribution is 2.63. The van der Waals surface area contributed by atoms with Crippen LogP contribution in [0.15, 0.2) is 12.8 Å². The van der Waals surface area contributed by atoms with Gasteiger partial charge in [0.25, 0.3) is 0 Å². The largest absolute Gasteiger partial charge is 0.495 e. The Labute approximate surface area is 125 Å². The number of hydrogen-bond acceptors (Lipinski definition) is 3. The standard InChI is InChI=1S/C17H25FO3/c1-2-20-16-9-12-7-13(10-16)17(18,14(8-12)11-16)21-15-5-3-4-6-19-15/h2,12-15H,1,3-11H2. The molecule has 5 aliphatic rings. The van der Waals surface area contributed by atoms with E-state index in [1.807, 2.05) is 0 Å². The van der Waals surface area contributed by atoms with Crippen molar-refractivity contribution < 1.29 is 18.6 Å². The van der Waals surface area contributed by atoms with Crippen LogP contribution in [-0.4, -0.2) is 24.4 Å². The van der Waals surface area contributed by atoms with Gasteiger partial charge in [-0.15, -0.1) is 0 Å². The maximum absolute atomic E-state index is 15.7. The molecule has 5 rings (SSSR count). The van der Waals surface area contributed by atoms with E-state index in [0.29, 0.717) is 12.5 Å². The molecule has 0 aromatic carbocycles. The number of halogens is 1. The molecule has 1 aliphatic heterocycles. The first-order valence-electron chi connectivity index (χ1n) is 8.41. The Morgan fingerprint density at radius 2 is 1.90 bits per heavy atom. The first-order chi connectivity index (χ1) is 10.1. The summed E-state index contributed by atoms with van der Waals surface area (Å²) in [5.74, 6) is -1.02. The maximum atomic E-state index is 15.7. The van der Waals surface area contributed by atoms with E-state index in [9.17, 15) is 0 Å². The summed E-state index contributed by atoms with van der Waals surface area (Å²) < 4.78 is 33.0. The molecular formula is C17H25FO3. The zero-order valence-corrected chi connectivity index (χ0v) is 12.6. The predicted molar refractivity (Wildman–Crippen MR) is 76.1 cm³/mol. The molecule has 1 saturated heterocycles. The van der Waals surface area contributed by atoms with Crippen LogP contribution in [0.3, 0.4) is 0 Å². The van der Waals surface area contributed by atoms with Gasteiger partial charge in [-0.25, -0.2) is 4.39 Å². The summed E-state index contributed by atoms with van der Waals surface area (Å²) >= 11 is 0. The third kappa shape index (κ3) is 2.22. The van der Waals surface area contributed by atoms with Crippen molar-refractivity contribution in [3.8, 4) is 0 Å². The Morgan fingerprint density at radius 1 is 1.14 bits per heavy atom. The van der Waals surface area contributed by atoms with E-state index >= 15 is 4.39 Å². The normalized spacial score (nSPS) is 51.9. The van der Waals surface area contributed by atoms with Crippen LogP contribution in [0.25, 0.3) is 0 Å². The molecule has 0 aromatic heterocycles. The lowest BCUT2D eigenvalue weighted by Gasteiger charge is -2.61. The second-order valence-electron chi connectivity index (χ2n) is 7.42. The third-order valence-corrected chi connectivity index (χ3v) is 6.03. The molecule has 0 N–H and O–H groups in total.